The third-order valence-electron chi connectivity index (χ3n) is 5.45. The number of carboxylic acid groups (broad SMARTS) is 1. The maximum Gasteiger partial charge on any atom is 0.329 e. The molecule has 2 N–H and O–H groups in total. The Hall–Kier alpha value is -3.13. The molecule has 1 aromatic heterocycles. The van der Waals surface area contributed by atoms with E-state index in [4.69, 9.17) is 5.41 Å². The van der Waals surface area contributed by atoms with Gasteiger partial charge in [-0.25, -0.2) is 4.79 Å². The highest BCUT2D eigenvalue weighted by atomic mass is 32.1. The minimum absolute atomic E-state index is 0.0402. The van der Waals surface area contributed by atoms with Gasteiger partial charge in [0.15, 0.2) is 0 Å². The van der Waals surface area contributed by atoms with E-state index in [9.17, 15) is 14.7 Å². The van der Waals surface area contributed by atoms with E-state index < -0.39 is 12.0 Å². The van der Waals surface area contributed by atoms with Crippen LogP contribution in [0.15, 0.2) is 41.4 Å². The van der Waals surface area contributed by atoms with Gasteiger partial charge in [0.1, 0.15) is 5.69 Å². The number of hydrogen-bond acceptors (Lipinski definition) is 5. The van der Waals surface area contributed by atoms with Crippen LogP contribution in [-0.2, 0) is 4.79 Å². The fourth-order valence-corrected chi connectivity index (χ4v) is 4.78. The molecule has 3 heterocycles. The summed E-state index contributed by atoms with van der Waals surface area (Å²) in [5, 5.41) is 18.0. The number of urea groups is 1. The molecule has 1 unspecified atom stereocenters. The van der Waals surface area contributed by atoms with E-state index in [0.29, 0.717) is 34.0 Å². The standard InChI is InChI=1S/C22H22N4O3S/c1-12-8-13(2)20(18(30)9-12)15(23)11-25-16-4-3-7-24-21(16)17-6-5-14(10-19(27)28)26(17)22(25)29/h3-4,6-9,14,23,30H,5,10-11H2,1-2H3,(H,27,28). The van der Waals surface area contributed by atoms with E-state index in [1.807, 2.05) is 32.1 Å². The molecule has 1 atom stereocenters. The van der Waals surface area contributed by atoms with Crippen LogP contribution in [0, 0.1) is 19.3 Å². The molecule has 2 amide bonds. The maximum atomic E-state index is 13.4. The van der Waals surface area contributed by atoms with Gasteiger partial charge in [0.05, 0.1) is 36.1 Å². The number of nitrogens with one attached hydrogen (secondary N) is 1. The second-order valence-electron chi connectivity index (χ2n) is 7.64. The molecule has 8 heteroatoms. The average Bonchev–Trinajstić information content (AvgIpc) is 3.07. The highest BCUT2D eigenvalue weighted by Gasteiger charge is 2.42. The van der Waals surface area contributed by atoms with Crippen LogP contribution in [0.2, 0.25) is 0 Å². The molecule has 0 fully saturated rings. The van der Waals surface area contributed by atoms with Gasteiger partial charge in [-0.1, -0.05) is 12.1 Å². The van der Waals surface area contributed by atoms with Crippen LogP contribution in [-0.4, -0.2) is 45.3 Å². The number of hydrogen-bond donors (Lipinski definition) is 3. The summed E-state index contributed by atoms with van der Waals surface area (Å²) in [5.41, 5.74) is 4.84. The topological polar surface area (TPSA) is 97.6 Å². The second-order valence-corrected chi connectivity index (χ2v) is 8.12. The van der Waals surface area contributed by atoms with Crippen LogP contribution >= 0.6 is 12.6 Å². The molecule has 2 aromatic rings. The Morgan fingerprint density at radius 1 is 1.37 bits per heavy atom. The first-order valence-corrected chi connectivity index (χ1v) is 10.1. The summed E-state index contributed by atoms with van der Waals surface area (Å²) in [5.74, 6) is -0.955. The number of aliphatic carboxylic acids is 1. The van der Waals surface area contributed by atoms with Gasteiger partial charge >= 0.3 is 12.0 Å². The highest BCUT2D eigenvalue weighted by Crippen LogP contribution is 2.41. The van der Waals surface area contributed by atoms with Gasteiger partial charge in [-0.2, -0.15) is 0 Å². The largest absolute Gasteiger partial charge is 0.481 e. The highest BCUT2D eigenvalue weighted by molar-refractivity contribution is 7.80. The number of rotatable bonds is 5. The summed E-state index contributed by atoms with van der Waals surface area (Å²) in [4.78, 5) is 32.9. The first-order valence-electron chi connectivity index (χ1n) is 9.64. The van der Waals surface area contributed by atoms with E-state index in [1.165, 1.54) is 9.80 Å². The van der Waals surface area contributed by atoms with E-state index in [0.717, 1.165) is 11.1 Å². The summed E-state index contributed by atoms with van der Waals surface area (Å²) in [6.45, 7) is 3.94. The van der Waals surface area contributed by atoms with Crippen molar-refractivity contribution in [3.05, 3.63) is 58.9 Å². The smallest absolute Gasteiger partial charge is 0.329 e. The average molecular weight is 423 g/mol. The molecular weight excluding hydrogens is 400 g/mol. The lowest BCUT2D eigenvalue weighted by Gasteiger charge is -2.38. The minimum Gasteiger partial charge on any atom is -0.481 e. The number of aromatic nitrogens is 1. The number of nitrogens with zero attached hydrogens (tertiary/aromatic N) is 3. The Balaban J connectivity index is 1.72. The summed E-state index contributed by atoms with van der Waals surface area (Å²) >= 11 is 4.54. The number of aryl methyl sites for hydroxylation is 2. The fraction of sp³-hybridized carbons (Fsp3) is 0.273. The first kappa shape index (κ1) is 20.2. The zero-order chi connectivity index (χ0) is 21.6. The zero-order valence-corrected chi connectivity index (χ0v) is 17.6. The summed E-state index contributed by atoms with van der Waals surface area (Å²) in [7, 11) is 0. The molecule has 30 heavy (non-hydrogen) atoms. The van der Waals surface area contributed by atoms with Gasteiger partial charge in [0.25, 0.3) is 0 Å². The Morgan fingerprint density at radius 2 is 2.13 bits per heavy atom. The van der Waals surface area contributed by atoms with E-state index in [-0.39, 0.29) is 24.7 Å². The van der Waals surface area contributed by atoms with Crippen LogP contribution in [0.25, 0.3) is 5.70 Å². The first-order chi connectivity index (χ1) is 14.3. The van der Waals surface area contributed by atoms with Crippen LogP contribution in [0.4, 0.5) is 10.5 Å². The van der Waals surface area contributed by atoms with Crippen molar-refractivity contribution in [3.63, 3.8) is 0 Å². The molecule has 0 saturated carbocycles. The van der Waals surface area contributed by atoms with Crippen LogP contribution < -0.4 is 4.90 Å². The van der Waals surface area contributed by atoms with Crippen molar-refractivity contribution in [1.82, 2.24) is 9.88 Å². The predicted octanol–water partition coefficient (Wildman–Crippen LogP) is 3.89. The number of amides is 2. The lowest BCUT2D eigenvalue weighted by molar-refractivity contribution is -0.137. The van der Waals surface area contributed by atoms with Crippen molar-refractivity contribution in [2.24, 2.45) is 0 Å². The minimum atomic E-state index is -0.955. The molecule has 0 aliphatic carbocycles. The second kappa shape index (κ2) is 7.60. The molecule has 0 spiro atoms. The normalized spacial score (nSPS) is 17.5. The molecule has 0 bridgehead atoms. The number of thiol groups is 1. The van der Waals surface area contributed by atoms with Gasteiger partial charge in [-0.05, 0) is 49.6 Å². The monoisotopic (exact) mass is 422 g/mol. The van der Waals surface area contributed by atoms with Crippen LogP contribution in [0.1, 0.15) is 35.2 Å². The van der Waals surface area contributed by atoms with E-state index in [1.54, 1.807) is 18.3 Å². The maximum absolute atomic E-state index is 13.4. The van der Waals surface area contributed by atoms with Gasteiger partial charge in [0, 0.05) is 16.7 Å². The van der Waals surface area contributed by atoms with Gasteiger partial charge in [-0.3, -0.25) is 19.6 Å². The molecule has 2 aliphatic rings. The lowest BCUT2D eigenvalue weighted by atomic mass is 10.0. The van der Waals surface area contributed by atoms with Crippen LogP contribution in [0.5, 0.6) is 0 Å². The molecular formula is C22H22N4O3S. The predicted molar refractivity (Wildman–Crippen MR) is 117 cm³/mol. The molecule has 154 valence electrons. The molecule has 7 nitrogen and oxygen atoms in total. The Morgan fingerprint density at radius 3 is 2.83 bits per heavy atom. The SMILES string of the molecule is Cc1cc(C)c(C(=N)CN2C(=O)N3C(=CCC3CC(=O)O)c3ncccc32)c(S)c1. The number of carbonyl (C=O) groups is 2. The van der Waals surface area contributed by atoms with E-state index in [2.05, 4.69) is 17.6 Å². The van der Waals surface area contributed by atoms with Crippen molar-refractivity contribution < 1.29 is 14.7 Å². The van der Waals surface area contributed by atoms with Gasteiger partial charge in [-0.15, -0.1) is 12.6 Å². The molecule has 4 rings (SSSR count). The summed E-state index contributed by atoms with van der Waals surface area (Å²) < 4.78 is 0. The Labute approximate surface area is 179 Å². The van der Waals surface area contributed by atoms with Crippen molar-refractivity contribution in [2.45, 2.75) is 37.6 Å². The number of anilines is 1. The fourth-order valence-electron chi connectivity index (χ4n) is 4.27. The Bertz CT molecular complexity index is 1090. The van der Waals surface area contributed by atoms with E-state index >= 15 is 0 Å². The number of carboxylic acids is 1. The third kappa shape index (κ3) is 3.37. The third-order valence-corrected chi connectivity index (χ3v) is 5.80. The number of pyridine rings is 1. The Kier molecular flexibility index (Phi) is 5.11. The number of benzene rings is 1. The number of carbonyl (C=O) groups excluding carboxylic acids is 1. The summed E-state index contributed by atoms with van der Waals surface area (Å²) in [6, 6.07) is 6.65. The van der Waals surface area contributed by atoms with Crippen LogP contribution in [0.3, 0.4) is 0 Å². The molecule has 0 radical (unpaired) electrons. The quantitative estimate of drug-likeness (QED) is 0.503. The molecule has 1 aromatic carbocycles. The summed E-state index contributed by atoms with van der Waals surface area (Å²) in [6.07, 6.45) is 3.84. The van der Waals surface area contributed by atoms with Crippen molar-refractivity contribution in [2.75, 3.05) is 11.4 Å². The lowest BCUT2D eigenvalue weighted by Crippen LogP contribution is -2.51. The van der Waals surface area contributed by atoms with Gasteiger partial charge in [0.2, 0.25) is 0 Å². The van der Waals surface area contributed by atoms with Gasteiger partial charge < -0.3 is 10.5 Å². The molecule has 0 saturated heterocycles. The van der Waals surface area contributed by atoms with Crippen molar-refractivity contribution in [3.8, 4) is 0 Å². The number of fused-ring (bicyclic) bond motifs is 3. The van der Waals surface area contributed by atoms with Crippen molar-refractivity contribution >= 4 is 41.7 Å². The van der Waals surface area contributed by atoms with Crippen molar-refractivity contribution in [1.29, 1.82) is 5.41 Å². The molecule has 2 aliphatic heterocycles. The zero-order valence-electron chi connectivity index (χ0n) is 16.7.